The van der Waals surface area contributed by atoms with Crippen LogP contribution in [0.3, 0.4) is 0 Å². The van der Waals surface area contributed by atoms with Gasteiger partial charge in [-0.3, -0.25) is 10.1 Å². The highest BCUT2D eigenvalue weighted by Crippen LogP contribution is 2.37. The molecular weight excluding hydrogens is 341 g/mol. The molecule has 0 bridgehead atoms. The summed E-state index contributed by atoms with van der Waals surface area (Å²) >= 11 is 12.9. The second kappa shape index (κ2) is 6.30. The number of carboxylic acids is 1. The quantitative estimate of drug-likeness (QED) is 0.645. The maximum atomic E-state index is 10.8. The number of nitro benzene ring substituents is 1. The van der Waals surface area contributed by atoms with E-state index in [0.717, 1.165) is 23.5 Å². The number of nitrogens with zero attached hydrogens (tertiary/aromatic N) is 1. The van der Waals surface area contributed by atoms with Crippen LogP contribution in [0.4, 0.5) is 5.69 Å². The van der Waals surface area contributed by atoms with E-state index in [0.29, 0.717) is 4.88 Å². The third kappa shape index (κ3) is 3.63. The number of carboxylic acid groups (broad SMARTS) is 1. The zero-order valence-electron chi connectivity index (χ0n) is 10.2. The zero-order valence-corrected chi connectivity index (χ0v) is 12.5. The minimum Gasteiger partial charge on any atom is -0.485 e. The van der Waals surface area contributed by atoms with Gasteiger partial charge < -0.3 is 9.84 Å². The van der Waals surface area contributed by atoms with Gasteiger partial charge in [-0.2, -0.15) is 0 Å². The van der Waals surface area contributed by atoms with Gasteiger partial charge >= 0.3 is 5.97 Å². The molecule has 110 valence electrons. The molecule has 2 aromatic rings. The second-order valence-corrected chi connectivity index (χ2v) is 5.84. The fourth-order valence-electron chi connectivity index (χ4n) is 1.50. The van der Waals surface area contributed by atoms with E-state index in [4.69, 9.17) is 33.0 Å². The molecule has 0 atom stereocenters. The van der Waals surface area contributed by atoms with Crippen molar-refractivity contribution >= 4 is 46.2 Å². The number of hydrogen-bond acceptors (Lipinski definition) is 5. The van der Waals surface area contributed by atoms with E-state index in [9.17, 15) is 14.9 Å². The maximum absolute atomic E-state index is 10.8. The molecule has 21 heavy (non-hydrogen) atoms. The minimum atomic E-state index is -1.02. The second-order valence-electron chi connectivity index (χ2n) is 3.86. The highest BCUT2D eigenvalue weighted by molar-refractivity contribution is 7.13. The smallest absolute Gasteiger partial charge is 0.345 e. The van der Waals surface area contributed by atoms with Gasteiger partial charge in [-0.1, -0.05) is 23.2 Å². The van der Waals surface area contributed by atoms with Crippen molar-refractivity contribution in [2.24, 2.45) is 0 Å². The predicted octanol–water partition coefficient (Wildman–Crippen LogP) is 4.24. The zero-order chi connectivity index (χ0) is 15.6. The number of rotatable bonds is 5. The molecule has 9 heteroatoms. The molecule has 1 N–H and O–H groups in total. The van der Waals surface area contributed by atoms with Crippen molar-refractivity contribution in [3.63, 3.8) is 0 Å². The number of non-ortho nitro benzene ring substituents is 1. The van der Waals surface area contributed by atoms with Gasteiger partial charge in [-0.25, -0.2) is 4.79 Å². The lowest BCUT2D eigenvalue weighted by atomic mass is 10.3. The summed E-state index contributed by atoms with van der Waals surface area (Å²) in [6.07, 6.45) is 0. The van der Waals surface area contributed by atoms with E-state index in [-0.39, 0.29) is 33.0 Å². The van der Waals surface area contributed by atoms with Crippen LogP contribution in [0.15, 0.2) is 24.3 Å². The van der Waals surface area contributed by atoms with Gasteiger partial charge in [-0.15, -0.1) is 11.3 Å². The van der Waals surface area contributed by atoms with Crippen LogP contribution in [0.1, 0.15) is 14.5 Å². The first-order valence-electron chi connectivity index (χ1n) is 5.46. The fraction of sp³-hybridized carbons (Fsp3) is 0.0833. The van der Waals surface area contributed by atoms with Crippen molar-refractivity contribution in [2.75, 3.05) is 0 Å². The molecule has 0 radical (unpaired) electrons. The third-order valence-electron chi connectivity index (χ3n) is 2.43. The van der Waals surface area contributed by atoms with Crippen molar-refractivity contribution in [3.05, 3.63) is 54.2 Å². The van der Waals surface area contributed by atoms with Gasteiger partial charge in [0.05, 0.1) is 15.0 Å². The Labute approximate surface area is 132 Å². The fourth-order valence-corrected chi connectivity index (χ4v) is 2.85. The molecule has 0 saturated heterocycles. The molecule has 0 unspecified atom stereocenters. The molecule has 0 spiro atoms. The molecule has 0 fully saturated rings. The molecule has 0 aliphatic carbocycles. The van der Waals surface area contributed by atoms with E-state index < -0.39 is 10.9 Å². The molecule has 1 aromatic heterocycles. The van der Waals surface area contributed by atoms with Crippen LogP contribution in [0.5, 0.6) is 5.75 Å². The van der Waals surface area contributed by atoms with E-state index in [1.54, 1.807) is 6.07 Å². The third-order valence-corrected chi connectivity index (χ3v) is 4.03. The van der Waals surface area contributed by atoms with Crippen molar-refractivity contribution in [1.29, 1.82) is 0 Å². The molecule has 0 amide bonds. The number of thiophene rings is 1. The van der Waals surface area contributed by atoms with Gasteiger partial charge in [0.25, 0.3) is 5.69 Å². The van der Waals surface area contributed by atoms with Gasteiger partial charge in [0.2, 0.25) is 0 Å². The largest absolute Gasteiger partial charge is 0.485 e. The summed E-state index contributed by atoms with van der Waals surface area (Å²) < 4.78 is 5.41. The topological polar surface area (TPSA) is 89.7 Å². The lowest BCUT2D eigenvalue weighted by molar-refractivity contribution is -0.384. The Bertz CT molecular complexity index is 692. The maximum Gasteiger partial charge on any atom is 0.345 e. The number of nitro groups is 1. The van der Waals surface area contributed by atoms with Crippen LogP contribution >= 0.6 is 34.5 Å². The number of hydrogen-bond donors (Lipinski definition) is 1. The molecule has 1 aromatic carbocycles. The number of carbonyl (C=O) groups is 1. The average Bonchev–Trinajstić information content (AvgIpc) is 2.86. The lowest BCUT2D eigenvalue weighted by Gasteiger charge is -2.08. The number of ether oxygens (including phenoxy) is 1. The van der Waals surface area contributed by atoms with Crippen LogP contribution in [0, 0.1) is 10.1 Å². The number of aromatic carboxylic acids is 1. The predicted molar refractivity (Wildman–Crippen MR) is 78.7 cm³/mol. The first-order valence-corrected chi connectivity index (χ1v) is 7.04. The lowest BCUT2D eigenvalue weighted by Crippen LogP contribution is -1.96. The molecule has 6 nitrogen and oxygen atoms in total. The van der Waals surface area contributed by atoms with Crippen molar-refractivity contribution in [2.45, 2.75) is 6.61 Å². The summed E-state index contributed by atoms with van der Waals surface area (Å²) in [5, 5.41) is 19.5. The Balaban J connectivity index is 2.16. The summed E-state index contributed by atoms with van der Waals surface area (Å²) in [7, 11) is 0. The minimum absolute atomic E-state index is 0.0178. The molecular formula is C12H7Cl2NO5S. The Hall–Kier alpha value is -1.83. The first kappa shape index (κ1) is 15.6. The standard InChI is InChI=1S/C12H7Cl2NO5S/c13-8-3-6(15(18)19)4-9(14)11(8)20-5-7-1-2-10(21-7)12(16)17/h1-4H,5H2,(H,16,17). The van der Waals surface area contributed by atoms with Crippen molar-refractivity contribution in [3.8, 4) is 5.75 Å². The summed E-state index contributed by atoms with van der Waals surface area (Å²) in [6, 6.07) is 5.35. The highest BCUT2D eigenvalue weighted by atomic mass is 35.5. The van der Waals surface area contributed by atoms with E-state index in [2.05, 4.69) is 0 Å². The van der Waals surface area contributed by atoms with E-state index in [1.165, 1.54) is 6.07 Å². The summed E-state index contributed by atoms with van der Waals surface area (Å²) in [5.74, 6) is -0.896. The number of benzene rings is 1. The SMILES string of the molecule is O=C(O)c1ccc(COc2c(Cl)cc([N+](=O)[O-])cc2Cl)s1. The van der Waals surface area contributed by atoms with Gasteiger partial charge in [0.1, 0.15) is 11.5 Å². The van der Waals surface area contributed by atoms with Crippen LogP contribution in [0.2, 0.25) is 10.0 Å². The van der Waals surface area contributed by atoms with Crippen LogP contribution in [-0.2, 0) is 6.61 Å². The van der Waals surface area contributed by atoms with Gasteiger partial charge in [0, 0.05) is 17.0 Å². The molecule has 0 aliphatic rings. The Morgan fingerprint density at radius 2 is 1.95 bits per heavy atom. The van der Waals surface area contributed by atoms with Gasteiger partial charge in [-0.05, 0) is 12.1 Å². The number of halogens is 2. The van der Waals surface area contributed by atoms with Crippen LogP contribution < -0.4 is 4.74 Å². The summed E-state index contributed by atoms with van der Waals surface area (Å²) in [6.45, 7) is 0.0647. The molecule has 0 aliphatic heterocycles. The van der Waals surface area contributed by atoms with E-state index >= 15 is 0 Å². The highest BCUT2D eigenvalue weighted by Gasteiger charge is 2.16. The van der Waals surface area contributed by atoms with Gasteiger partial charge in [0.15, 0.2) is 5.75 Å². The van der Waals surface area contributed by atoms with Crippen LogP contribution in [-0.4, -0.2) is 16.0 Å². The normalized spacial score (nSPS) is 10.4. The Morgan fingerprint density at radius 1 is 1.33 bits per heavy atom. The van der Waals surface area contributed by atoms with Crippen LogP contribution in [0.25, 0.3) is 0 Å². The Morgan fingerprint density at radius 3 is 2.43 bits per heavy atom. The summed E-state index contributed by atoms with van der Waals surface area (Å²) in [5.41, 5.74) is -0.235. The molecule has 0 saturated carbocycles. The van der Waals surface area contributed by atoms with Crippen molar-refractivity contribution < 1.29 is 19.6 Å². The monoisotopic (exact) mass is 347 g/mol. The molecule has 1 heterocycles. The average molecular weight is 348 g/mol. The molecule has 2 rings (SSSR count). The van der Waals surface area contributed by atoms with E-state index in [1.807, 2.05) is 0 Å². The summed E-state index contributed by atoms with van der Waals surface area (Å²) in [4.78, 5) is 21.7. The van der Waals surface area contributed by atoms with Crippen molar-refractivity contribution in [1.82, 2.24) is 0 Å². The first-order chi connectivity index (χ1) is 9.88. The Kier molecular flexibility index (Phi) is 4.66.